The first-order valence-electron chi connectivity index (χ1n) is 9.17. The molecule has 1 N–H and O–H groups in total. The van der Waals surface area contributed by atoms with Crippen molar-refractivity contribution < 1.29 is 19.0 Å². The highest BCUT2D eigenvalue weighted by Crippen LogP contribution is 2.36. The SMILES string of the molecule is COc1cc2c(cc1CNC(=O)[C@H]1Cc3ccccc3CN1C)OCCO2. The number of benzene rings is 2. The molecule has 2 aliphatic heterocycles. The topological polar surface area (TPSA) is 60.0 Å². The zero-order valence-corrected chi connectivity index (χ0v) is 15.7. The van der Waals surface area contributed by atoms with Crippen LogP contribution in [-0.2, 0) is 24.3 Å². The Kier molecular flexibility index (Phi) is 4.90. The van der Waals surface area contributed by atoms with Crippen molar-refractivity contribution in [2.75, 3.05) is 27.4 Å². The maximum absolute atomic E-state index is 12.8. The number of carbonyl (C=O) groups is 1. The summed E-state index contributed by atoms with van der Waals surface area (Å²) in [6.45, 7) is 2.21. The van der Waals surface area contributed by atoms with Gasteiger partial charge >= 0.3 is 0 Å². The molecule has 0 radical (unpaired) electrons. The van der Waals surface area contributed by atoms with Crippen molar-refractivity contribution >= 4 is 5.91 Å². The maximum atomic E-state index is 12.8. The summed E-state index contributed by atoms with van der Waals surface area (Å²) < 4.78 is 16.7. The molecule has 0 aliphatic carbocycles. The first-order chi connectivity index (χ1) is 13.2. The van der Waals surface area contributed by atoms with Crippen LogP contribution in [0.3, 0.4) is 0 Å². The molecule has 6 nitrogen and oxygen atoms in total. The number of nitrogens with one attached hydrogen (secondary N) is 1. The lowest BCUT2D eigenvalue weighted by molar-refractivity contribution is -0.126. The van der Waals surface area contributed by atoms with Gasteiger partial charge in [0.1, 0.15) is 19.0 Å². The largest absolute Gasteiger partial charge is 0.496 e. The van der Waals surface area contributed by atoms with Gasteiger partial charge in [-0.25, -0.2) is 0 Å². The molecule has 0 fully saturated rings. The average molecular weight is 368 g/mol. The molecule has 0 saturated heterocycles. The van der Waals surface area contributed by atoms with Crippen LogP contribution in [0, 0.1) is 0 Å². The fraction of sp³-hybridized carbons (Fsp3) is 0.381. The highest BCUT2D eigenvalue weighted by Gasteiger charge is 2.29. The zero-order valence-electron chi connectivity index (χ0n) is 15.7. The van der Waals surface area contributed by atoms with E-state index in [1.807, 2.05) is 31.3 Å². The monoisotopic (exact) mass is 368 g/mol. The number of likely N-dealkylation sites (N-methyl/N-ethyl adjacent to an activating group) is 1. The van der Waals surface area contributed by atoms with E-state index in [0.29, 0.717) is 37.0 Å². The van der Waals surface area contributed by atoms with Gasteiger partial charge in [0.15, 0.2) is 11.5 Å². The van der Waals surface area contributed by atoms with Gasteiger partial charge in [-0.05, 0) is 30.7 Å². The van der Waals surface area contributed by atoms with E-state index in [2.05, 4.69) is 22.3 Å². The smallest absolute Gasteiger partial charge is 0.237 e. The number of hydrogen-bond donors (Lipinski definition) is 1. The molecule has 6 heteroatoms. The van der Waals surface area contributed by atoms with Gasteiger partial charge in [0.05, 0.1) is 13.2 Å². The van der Waals surface area contributed by atoms with Crippen LogP contribution in [-0.4, -0.2) is 44.2 Å². The molecule has 0 unspecified atom stereocenters. The summed E-state index contributed by atoms with van der Waals surface area (Å²) in [6.07, 6.45) is 0.719. The highest BCUT2D eigenvalue weighted by atomic mass is 16.6. The third kappa shape index (κ3) is 3.57. The van der Waals surface area contributed by atoms with Crippen LogP contribution in [0.4, 0.5) is 0 Å². The van der Waals surface area contributed by atoms with Gasteiger partial charge < -0.3 is 19.5 Å². The Bertz CT molecular complexity index is 852. The van der Waals surface area contributed by atoms with E-state index in [9.17, 15) is 4.79 Å². The first kappa shape index (κ1) is 17.7. The molecule has 2 heterocycles. The number of rotatable bonds is 4. The lowest BCUT2D eigenvalue weighted by atomic mass is 9.94. The highest BCUT2D eigenvalue weighted by molar-refractivity contribution is 5.82. The Hall–Kier alpha value is -2.73. The summed E-state index contributed by atoms with van der Waals surface area (Å²) in [5, 5.41) is 3.05. The van der Waals surface area contributed by atoms with Crippen molar-refractivity contribution in [1.29, 1.82) is 0 Å². The van der Waals surface area contributed by atoms with Crippen LogP contribution in [0.5, 0.6) is 17.2 Å². The number of carbonyl (C=O) groups excluding carboxylic acids is 1. The number of nitrogens with zero attached hydrogens (tertiary/aromatic N) is 1. The average Bonchev–Trinajstić information content (AvgIpc) is 2.70. The molecule has 2 aliphatic rings. The van der Waals surface area contributed by atoms with Gasteiger partial charge in [0.2, 0.25) is 5.91 Å². The van der Waals surface area contributed by atoms with Crippen molar-refractivity contribution in [3.05, 3.63) is 53.1 Å². The van der Waals surface area contributed by atoms with Gasteiger partial charge in [0.25, 0.3) is 0 Å². The molecule has 0 bridgehead atoms. The second-order valence-electron chi connectivity index (χ2n) is 6.93. The van der Waals surface area contributed by atoms with Crippen LogP contribution in [0.25, 0.3) is 0 Å². The van der Waals surface area contributed by atoms with E-state index < -0.39 is 0 Å². The van der Waals surface area contributed by atoms with Crippen LogP contribution < -0.4 is 19.5 Å². The van der Waals surface area contributed by atoms with E-state index in [1.165, 1.54) is 11.1 Å². The fourth-order valence-corrected chi connectivity index (χ4v) is 3.69. The number of amides is 1. The third-order valence-electron chi connectivity index (χ3n) is 5.18. The van der Waals surface area contributed by atoms with Crippen molar-refractivity contribution in [3.63, 3.8) is 0 Å². The third-order valence-corrected chi connectivity index (χ3v) is 5.18. The molecular weight excluding hydrogens is 344 g/mol. The summed E-state index contributed by atoms with van der Waals surface area (Å²) in [4.78, 5) is 14.9. The van der Waals surface area contributed by atoms with E-state index in [0.717, 1.165) is 18.5 Å². The number of hydrogen-bond acceptors (Lipinski definition) is 5. The summed E-state index contributed by atoms with van der Waals surface area (Å²) in [6, 6.07) is 11.8. The molecule has 27 heavy (non-hydrogen) atoms. The maximum Gasteiger partial charge on any atom is 0.237 e. The molecule has 0 aromatic heterocycles. The number of methoxy groups -OCH3 is 1. The van der Waals surface area contributed by atoms with Crippen LogP contribution in [0.1, 0.15) is 16.7 Å². The van der Waals surface area contributed by atoms with Crippen molar-refractivity contribution in [2.45, 2.75) is 25.6 Å². The standard InChI is InChI=1S/C21H24N2O4/c1-23-13-15-6-4-3-5-14(15)9-17(23)21(24)22-12-16-10-19-20(11-18(16)25-2)27-8-7-26-19/h3-6,10-11,17H,7-9,12-13H2,1-2H3,(H,22,24)/t17-/m1/s1. The molecule has 1 amide bonds. The Labute approximate surface area is 159 Å². The van der Waals surface area contributed by atoms with Gasteiger partial charge in [-0.15, -0.1) is 0 Å². The Morgan fingerprint density at radius 2 is 1.89 bits per heavy atom. The second kappa shape index (κ2) is 7.48. The molecule has 0 saturated carbocycles. The van der Waals surface area contributed by atoms with E-state index in [-0.39, 0.29) is 11.9 Å². The quantitative estimate of drug-likeness (QED) is 0.896. The number of fused-ring (bicyclic) bond motifs is 2. The summed E-state index contributed by atoms with van der Waals surface area (Å²) in [5.74, 6) is 2.07. The molecular formula is C21H24N2O4. The summed E-state index contributed by atoms with van der Waals surface area (Å²) in [7, 11) is 3.60. The molecule has 4 rings (SSSR count). The molecule has 142 valence electrons. The van der Waals surface area contributed by atoms with Crippen molar-refractivity contribution in [3.8, 4) is 17.2 Å². The van der Waals surface area contributed by atoms with Crippen molar-refractivity contribution in [1.82, 2.24) is 10.2 Å². The Balaban J connectivity index is 1.46. The van der Waals surface area contributed by atoms with E-state index in [1.54, 1.807) is 7.11 Å². The van der Waals surface area contributed by atoms with Crippen LogP contribution in [0.15, 0.2) is 36.4 Å². The molecule has 2 aromatic carbocycles. The number of ether oxygens (including phenoxy) is 3. The van der Waals surface area contributed by atoms with Gasteiger partial charge in [0, 0.05) is 24.7 Å². The minimum Gasteiger partial charge on any atom is -0.496 e. The van der Waals surface area contributed by atoms with Crippen LogP contribution in [0.2, 0.25) is 0 Å². The van der Waals surface area contributed by atoms with Crippen LogP contribution >= 0.6 is 0 Å². The van der Waals surface area contributed by atoms with E-state index in [4.69, 9.17) is 14.2 Å². The zero-order chi connectivity index (χ0) is 18.8. The van der Waals surface area contributed by atoms with Crippen molar-refractivity contribution in [2.24, 2.45) is 0 Å². The Morgan fingerprint density at radius 1 is 1.19 bits per heavy atom. The second-order valence-corrected chi connectivity index (χ2v) is 6.93. The predicted molar refractivity (Wildman–Crippen MR) is 101 cm³/mol. The molecule has 2 aromatic rings. The molecule has 1 atom stereocenters. The van der Waals surface area contributed by atoms with Gasteiger partial charge in [-0.3, -0.25) is 9.69 Å². The lowest BCUT2D eigenvalue weighted by Gasteiger charge is -2.33. The minimum absolute atomic E-state index is 0.0175. The van der Waals surface area contributed by atoms with Gasteiger partial charge in [-0.2, -0.15) is 0 Å². The van der Waals surface area contributed by atoms with Gasteiger partial charge in [-0.1, -0.05) is 24.3 Å². The summed E-state index contributed by atoms with van der Waals surface area (Å²) >= 11 is 0. The predicted octanol–water partition coefficient (Wildman–Crippen LogP) is 2.14. The summed E-state index contributed by atoms with van der Waals surface area (Å²) in [5.41, 5.74) is 3.40. The lowest BCUT2D eigenvalue weighted by Crippen LogP contribution is -2.48. The normalized spacial score (nSPS) is 18.5. The molecule has 0 spiro atoms. The first-order valence-corrected chi connectivity index (χ1v) is 9.17. The Morgan fingerprint density at radius 3 is 2.63 bits per heavy atom. The fourth-order valence-electron chi connectivity index (χ4n) is 3.69. The van der Waals surface area contributed by atoms with E-state index >= 15 is 0 Å². The minimum atomic E-state index is -0.178.